The van der Waals surface area contributed by atoms with E-state index in [2.05, 4.69) is 30.8 Å². The molecule has 0 saturated carbocycles. The zero-order valence-corrected chi connectivity index (χ0v) is 13.5. The minimum absolute atomic E-state index is 0.00752. The lowest BCUT2D eigenvalue weighted by Crippen LogP contribution is -2.17. The Morgan fingerprint density at radius 1 is 1.40 bits per heavy atom. The Balaban J connectivity index is 2.44. The number of aromatic amines is 1. The maximum absolute atomic E-state index is 12.4. The van der Waals surface area contributed by atoms with E-state index in [4.69, 9.17) is 5.73 Å². The van der Waals surface area contributed by atoms with E-state index in [1.165, 1.54) is 6.20 Å². The van der Waals surface area contributed by atoms with E-state index >= 15 is 0 Å². The van der Waals surface area contributed by atoms with Crippen LogP contribution in [-0.4, -0.2) is 18.6 Å². The van der Waals surface area contributed by atoms with Crippen LogP contribution in [0.1, 0.15) is 16.7 Å². The van der Waals surface area contributed by atoms with Gasteiger partial charge in [0.1, 0.15) is 0 Å². The van der Waals surface area contributed by atoms with Crippen LogP contribution >= 0.6 is 15.9 Å². The number of halogens is 1. The zero-order valence-electron chi connectivity index (χ0n) is 11.1. The molecular formula is C12H15BrN4O2S. The molecule has 8 heteroatoms. The van der Waals surface area contributed by atoms with Crippen LogP contribution in [0.5, 0.6) is 0 Å². The molecule has 0 fully saturated rings. The summed E-state index contributed by atoms with van der Waals surface area (Å²) < 4.78 is 28.0. The first-order valence-electron chi connectivity index (χ1n) is 5.87. The van der Waals surface area contributed by atoms with Gasteiger partial charge in [-0.3, -0.25) is 9.82 Å². The Morgan fingerprint density at radius 3 is 2.70 bits per heavy atom. The van der Waals surface area contributed by atoms with E-state index in [0.29, 0.717) is 15.7 Å². The Morgan fingerprint density at radius 2 is 2.10 bits per heavy atom. The van der Waals surface area contributed by atoms with Gasteiger partial charge in [0.2, 0.25) is 0 Å². The van der Waals surface area contributed by atoms with E-state index in [1.807, 2.05) is 26.0 Å². The van der Waals surface area contributed by atoms with Crippen molar-refractivity contribution >= 4 is 31.6 Å². The monoisotopic (exact) mass is 358 g/mol. The quantitative estimate of drug-likeness (QED) is 0.778. The molecular weight excluding hydrogens is 344 g/mol. The number of hydrogen-bond donors (Lipinski definition) is 3. The molecule has 2 rings (SSSR count). The summed E-state index contributed by atoms with van der Waals surface area (Å²) in [4.78, 5) is 0. The number of nitrogens with two attached hydrogens (primary N) is 1. The van der Waals surface area contributed by atoms with Gasteiger partial charge in [-0.25, -0.2) is 0 Å². The van der Waals surface area contributed by atoms with Crippen LogP contribution in [-0.2, 0) is 16.6 Å². The molecule has 0 bridgehead atoms. The number of H-pyrrole nitrogens is 1. The Bertz CT molecular complexity index is 717. The summed E-state index contributed by atoms with van der Waals surface area (Å²) in [6.07, 6.45) is 1.41. The molecule has 0 spiro atoms. The van der Waals surface area contributed by atoms with Gasteiger partial charge in [-0.1, -0.05) is 6.07 Å². The topological polar surface area (TPSA) is 101 Å². The van der Waals surface area contributed by atoms with Crippen LogP contribution in [0, 0.1) is 13.8 Å². The summed E-state index contributed by atoms with van der Waals surface area (Å²) in [5.41, 5.74) is 8.32. The normalized spacial score (nSPS) is 11.6. The van der Waals surface area contributed by atoms with Crippen molar-refractivity contribution in [3.05, 3.63) is 39.5 Å². The third kappa shape index (κ3) is 2.87. The molecule has 0 radical (unpaired) electrons. The summed E-state index contributed by atoms with van der Waals surface area (Å²) in [6, 6.07) is 3.75. The highest BCUT2D eigenvalue weighted by Gasteiger charge is 2.22. The first-order valence-corrected chi connectivity index (χ1v) is 8.14. The first kappa shape index (κ1) is 15.0. The van der Waals surface area contributed by atoms with Crippen molar-refractivity contribution in [2.45, 2.75) is 25.4 Å². The van der Waals surface area contributed by atoms with E-state index in [9.17, 15) is 8.42 Å². The highest BCUT2D eigenvalue weighted by atomic mass is 79.9. The summed E-state index contributed by atoms with van der Waals surface area (Å²) in [7, 11) is -3.75. The Labute approximate surface area is 125 Å². The van der Waals surface area contributed by atoms with Crippen molar-refractivity contribution in [2.24, 2.45) is 5.73 Å². The minimum atomic E-state index is -3.75. The summed E-state index contributed by atoms with van der Waals surface area (Å²) >= 11 is 3.37. The van der Waals surface area contributed by atoms with Gasteiger partial charge in [-0.15, -0.1) is 0 Å². The number of aryl methyl sites for hydroxylation is 2. The van der Waals surface area contributed by atoms with Crippen molar-refractivity contribution in [3.8, 4) is 0 Å². The number of rotatable bonds is 4. The third-order valence-electron chi connectivity index (χ3n) is 2.83. The molecule has 0 atom stereocenters. The smallest absolute Gasteiger partial charge is 0.279 e. The van der Waals surface area contributed by atoms with E-state index in [1.54, 1.807) is 0 Å². The fraction of sp³-hybridized carbons (Fsp3) is 0.250. The van der Waals surface area contributed by atoms with E-state index < -0.39 is 10.0 Å². The van der Waals surface area contributed by atoms with Crippen molar-refractivity contribution in [2.75, 3.05) is 4.72 Å². The largest absolute Gasteiger partial charge is 0.326 e. The molecule has 0 unspecified atom stereocenters. The predicted octanol–water partition coefficient (Wildman–Crippen LogP) is 2.05. The van der Waals surface area contributed by atoms with Crippen LogP contribution in [0.4, 0.5) is 5.69 Å². The van der Waals surface area contributed by atoms with Crippen LogP contribution in [0.2, 0.25) is 0 Å². The molecule has 20 heavy (non-hydrogen) atoms. The Hall–Kier alpha value is -1.38. The van der Waals surface area contributed by atoms with E-state index in [0.717, 1.165) is 11.1 Å². The molecule has 6 nitrogen and oxygen atoms in total. The average molecular weight is 359 g/mol. The van der Waals surface area contributed by atoms with Crippen molar-refractivity contribution in [3.63, 3.8) is 0 Å². The fourth-order valence-corrected chi connectivity index (χ4v) is 4.11. The van der Waals surface area contributed by atoms with Gasteiger partial charge < -0.3 is 5.73 Å². The molecule has 1 aromatic carbocycles. The molecule has 2 aromatic rings. The standard InChI is InChI=1S/C12H15BrN4O2S/c1-7-3-8(2)11(10(13)4-7)17-20(18,19)12-9(5-14)6-15-16-12/h3-4,6,17H,5,14H2,1-2H3,(H,15,16). The highest BCUT2D eigenvalue weighted by Crippen LogP contribution is 2.30. The second kappa shape index (κ2) is 5.55. The predicted molar refractivity (Wildman–Crippen MR) is 80.9 cm³/mol. The molecule has 0 aliphatic carbocycles. The number of hydrogen-bond acceptors (Lipinski definition) is 4. The lowest BCUT2D eigenvalue weighted by Gasteiger charge is -2.13. The number of aromatic nitrogens is 2. The fourth-order valence-electron chi connectivity index (χ4n) is 1.91. The van der Waals surface area contributed by atoms with Gasteiger partial charge in [0, 0.05) is 16.6 Å². The zero-order chi connectivity index (χ0) is 14.9. The second-order valence-electron chi connectivity index (χ2n) is 4.47. The van der Waals surface area contributed by atoms with Crippen LogP contribution in [0.15, 0.2) is 27.8 Å². The number of nitrogens with zero attached hydrogens (tertiary/aromatic N) is 1. The maximum Gasteiger partial charge on any atom is 0.279 e. The molecule has 0 aliphatic rings. The van der Waals surface area contributed by atoms with Crippen LogP contribution in [0.25, 0.3) is 0 Å². The number of anilines is 1. The number of nitrogens with one attached hydrogen (secondary N) is 2. The molecule has 0 aliphatic heterocycles. The van der Waals surface area contributed by atoms with Gasteiger partial charge in [0.05, 0.1) is 11.9 Å². The van der Waals surface area contributed by atoms with Crippen molar-refractivity contribution in [1.82, 2.24) is 10.2 Å². The molecule has 1 aromatic heterocycles. The van der Waals surface area contributed by atoms with E-state index in [-0.39, 0.29) is 11.6 Å². The van der Waals surface area contributed by atoms with Gasteiger partial charge in [0.15, 0.2) is 5.03 Å². The Kier molecular flexibility index (Phi) is 4.17. The van der Waals surface area contributed by atoms with Gasteiger partial charge >= 0.3 is 0 Å². The van der Waals surface area contributed by atoms with Gasteiger partial charge in [-0.2, -0.15) is 13.5 Å². The molecule has 1 heterocycles. The number of benzene rings is 1. The van der Waals surface area contributed by atoms with Crippen molar-refractivity contribution < 1.29 is 8.42 Å². The summed E-state index contributed by atoms with van der Waals surface area (Å²) in [5.74, 6) is 0. The van der Waals surface area contributed by atoms with Crippen LogP contribution < -0.4 is 10.5 Å². The SMILES string of the molecule is Cc1cc(C)c(NS(=O)(=O)c2[nH]ncc2CN)c(Br)c1. The molecule has 0 amide bonds. The minimum Gasteiger partial charge on any atom is -0.326 e. The maximum atomic E-state index is 12.4. The van der Waals surface area contributed by atoms with Gasteiger partial charge in [0.25, 0.3) is 10.0 Å². The van der Waals surface area contributed by atoms with Gasteiger partial charge in [-0.05, 0) is 47.0 Å². The molecule has 108 valence electrons. The lowest BCUT2D eigenvalue weighted by atomic mass is 10.1. The molecule has 4 N–H and O–H groups in total. The number of sulfonamides is 1. The third-order valence-corrected chi connectivity index (χ3v) is 4.82. The average Bonchev–Trinajstić information content (AvgIpc) is 2.83. The first-order chi connectivity index (χ1) is 9.35. The lowest BCUT2D eigenvalue weighted by molar-refractivity contribution is 0.595. The summed E-state index contributed by atoms with van der Waals surface area (Å²) in [6.45, 7) is 3.88. The van der Waals surface area contributed by atoms with Crippen LogP contribution in [0.3, 0.4) is 0 Å². The second-order valence-corrected chi connectivity index (χ2v) is 6.95. The molecule has 0 saturated heterocycles. The summed E-state index contributed by atoms with van der Waals surface area (Å²) in [5, 5.41) is 6.19. The highest BCUT2D eigenvalue weighted by molar-refractivity contribution is 9.10. The van der Waals surface area contributed by atoms with Crippen molar-refractivity contribution in [1.29, 1.82) is 0 Å².